The van der Waals surface area contributed by atoms with E-state index in [1.165, 1.54) is 11.1 Å². The lowest BCUT2D eigenvalue weighted by atomic mass is 9.84. The molecule has 25 heavy (non-hydrogen) atoms. The first-order valence-electron chi connectivity index (χ1n) is 9.02. The molecule has 1 saturated carbocycles. The van der Waals surface area contributed by atoms with Gasteiger partial charge >= 0.3 is 6.09 Å². The molecule has 0 unspecified atom stereocenters. The summed E-state index contributed by atoms with van der Waals surface area (Å²) in [6.07, 6.45) is 0.930. The van der Waals surface area contributed by atoms with Crippen molar-refractivity contribution in [3.63, 3.8) is 0 Å². The van der Waals surface area contributed by atoms with Crippen LogP contribution >= 0.6 is 0 Å². The first-order chi connectivity index (χ1) is 11.9. The number of hydrogen-bond acceptors (Lipinski definition) is 2. The Balaban J connectivity index is 1.74. The minimum atomic E-state index is -0.481. The second kappa shape index (κ2) is 5.62. The van der Waals surface area contributed by atoms with Gasteiger partial charge in [-0.15, -0.1) is 0 Å². The molecular formula is C22H25NO2. The van der Waals surface area contributed by atoms with Gasteiger partial charge in [0, 0.05) is 12.0 Å². The normalized spacial score (nSPS) is 27.7. The lowest BCUT2D eigenvalue weighted by molar-refractivity contribution is 0.0181. The predicted molar refractivity (Wildman–Crippen MR) is 98.4 cm³/mol. The van der Waals surface area contributed by atoms with Crippen LogP contribution in [0.2, 0.25) is 0 Å². The zero-order valence-corrected chi connectivity index (χ0v) is 15.1. The standard InChI is InChI=1S/C22H25NO2/c1-21(2,3)25-20(24)23-15-18-14-22(18,17-12-8-5-9-13-17)19(23)16-10-6-4-7-11-16/h4-13,18-19H,14-15H2,1-3H3/t18-,19+,22+/m0/s1. The number of ether oxygens (including phenoxy) is 1. The van der Waals surface area contributed by atoms with Crippen molar-refractivity contribution in [2.24, 2.45) is 5.92 Å². The van der Waals surface area contributed by atoms with Crippen molar-refractivity contribution >= 4 is 6.09 Å². The van der Waals surface area contributed by atoms with E-state index >= 15 is 0 Å². The van der Waals surface area contributed by atoms with Gasteiger partial charge in [-0.2, -0.15) is 0 Å². The SMILES string of the molecule is CC(C)(C)OC(=O)N1C[C@@H]2C[C@]2(c2ccccc2)[C@H]1c1ccccc1. The Morgan fingerprint density at radius 2 is 1.64 bits per heavy atom. The molecule has 0 N–H and O–H groups in total. The summed E-state index contributed by atoms with van der Waals surface area (Å²) in [7, 11) is 0. The molecule has 0 radical (unpaired) electrons. The van der Waals surface area contributed by atoms with E-state index in [9.17, 15) is 4.79 Å². The monoisotopic (exact) mass is 335 g/mol. The van der Waals surface area contributed by atoms with Crippen LogP contribution in [-0.2, 0) is 10.2 Å². The van der Waals surface area contributed by atoms with Gasteiger partial charge in [0.15, 0.2) is 0 Å². The fourth-order valence-electron chi connectivity index (χ4n) is 4.41. The number of nitrogens with zero attached hydrogens (tertiary/aromatic N) is 1. The highest BCUT2D eigenvalue weighted by atomic mass is 16.6. The van der Waals surface area contributed by atoms with Crippen molar-refractivity contribution in [2.45, 2.75) is 44.2 Å². The van der Waals surface area contributed by atoms with E-state index in [1.807, 2.05) is 31.7 Å². The zero-order valence-electron chi connectivity index (χ0n) is 15.1. The summed E-state index contributed by atoms with van der Waals surface area (Å²) in [4.78, 5) is 14.8. The number of rotatable bonds is 2. The molecule has 2 aromatic rings. The third kappa shape index (κ3) is 2.72. The van der Waals surface area contributed by atoms with Gasteiger partial charge in [0.1, 0.15) is 5.60 Å². The van der Waals surface area contributed by atoms with E-state index in [1.54, 1.807) is 0 Å². The molecule has 1 aliphatic carbocycles. The number of fused-ring (bicyclic) bond motifs is 1. The Hall–Kier alpha value is -2.29. The van der Waals surface area contributed by atoms with Crippen LogP contribution in [0, 0.1) is 5.92 Å². The van der Waals surface area contributed by atoms with Crippen LogP contribution in [0.25, 0.3) is 0 Å². The fourth-order valence-corrected chi connectivity index (χ4v) is 4.41. The van der Waals surface area contributed by atoms with Crippen molar-refractivity contribution < 1.29 is 9.53 Å². The van der Waals surface area contributed by atoms with Crippen LogP contribution < -0.4 is 0 Å². The number of benzene rings is 2. The molecule has 1 aliphatic heterocycles. The summed E-state index contributed by atoms with van der Waals surface area (Å²) in [5, 5.41) is 0. The van der Waals surface area contributed by atoms with Crippen LogP contribution in [-0.4, -0.2) is 23.1 Å². The summed E-state index contributed by atoms with van der Waals surface area (Å²) in [6, 6.07) is 21.1. The smallest absolute Gasteiger partial charge is 0.410 e. The van der Waals surface area contributed by atoms with Crippen molar-refractivity contribution in [3.05, 3.63) is 71.8 Å². The Morgan fingerprint density at radius 1 is 1.04 bits per heavy atom. The lowest BCUT2D eigenvalue weighted by Crippen LogP contribution is -2.40. The van der Waals surface area contributed by atoms with Gasteiger partial charge in [-0.3, -0.25) is 4.90 Å². The van der Waals surface area contributed by atoms with E-state index in [-0.39, 0.29) is 17.6 Å². The van der Waals surface area contributed by atoms with Crippen LogP contribution in [0.3, 0.4) is 0 Å². The molecule has 1 heterocycles. The number of likely N-dealkylation sites (tertiary alicyclic amines) is 1. The summed E-state index contributed by atoms with van der Waals surface area (Å²) >= 11 is 0. The highest BCUT2D eigenvalue weighted by Gasteiger charge is 2.68. The van der Waals surface area contributed by atoms with Crippen molar-refractivity contribution in [1.82, 2.24) is 4.90 Å². The van der Waals surface area contributed by atoms with E-state index < -0.39 is 5.60 Å². The highest BCUT2D eigenvalue weighted by molar-refractivity contribution is 5.71. The molecule has 0 spiro atoms. The number of piperidine rings is 1. The van der Waals surface area contributed by atoms with Gasteiger partial charge < -0.3 is 4.74 Å². The Labute approximate surface area is 149 Å². The van der Waals surface area contributed by atoms with Gasteiger partial charge in [-0.1, -0.05) is 60.7 Å². The molecule has 0 bridgehead atoms. The van der Waals surface area contributed by atoms with Gasteiger partial charge in [0.25, 0.3) is 0 Å². The van der Waals surface area contributed by atoms with Crippen LogP contribution in [0.4, 0.5) is 4.79 Å². The van der Waals surface area contributed by atoms with E-state index in [0.717, 1.165) is 13.0 Å². The summed E-state index contributed by atoms with van der Waals surface area (Å²) in [5.74, 6) is 0.507. The molecule has 2 aliphatic rings. The molecular weight excluding hydrogens is 310 g/mol. The second-order valence-corrected chi connectivity index (χ2v) is 8.25. The predicted octanol–water partition coefficient (Wildman–Crippen LogP) is 4.94. The largest absolute Gasteiger partial charge is 0.444 e. The maximum Gasteiger partial charge on any atom is 0.410 e. The number of amides is 1. The Bertz CT molecular complexity index is 766. The van der Waals surface area contributed by atoms with Crippen LogP contribution in [0.5, 0.6) is 0 Å². The fraction of sp³-hybridized carbons (Fsp3) is 0.409. The Kier molecular flexibility index (Phi) is 3.64. The molecule has 1 amide bonds. The summed E-state index contributed by atoms with van der Waals surface area (Å²) in [6.45, 7) is 6.54. The second-order valence-electron chi connectivity index (χ2n) is 8.25. The van der Waals surface area contributed by atoms with Gasteiger partial charge in [0.2, 0.25) is 0 Å². The molecule has 1 saturated heterocycles. The average molecular weight is 335 g/mol. The quantitative estimate of drug-likeness (QED) is 0.778. The maximum absolute atomic E-state index is 12.9. The first kappa shape index (κ1) is 16.2. The molecule has 4 rings (SSSR count). The van der Waals surface area contributed by atoms with Crippen LogP contribution in [0.1, 0.15) is 44.4 Å². The highest BCUT2D eigenvalue weighted by Crippen LogP contribution is 2.68. The van der Waals surface area contributed by atoms with E-state index in [0.29, 0.717) is 5.92 Å². The molecule has 2 fully saturated rings. The molecule has 3 nitrogen and oxygen atoms in total. The van der Waals surface area contributed by atoms with E-state index in [4.69, 9.17) is 4.74 Å². The van der Waals surface area contributed by atoms with Gasteiger partial charge in [-0.05, 0) is 44.2 Å². The molecule has 3 atom stereocenters. The molecule has 0 aromatic heterocycles. The van der Waals surface area contributed by atoms with Gasteiger partial charge in [0.05, 0.1) is 6.04 Å². The molecule has 130 valence electrons. The summed E-state index contributed by atoms with van der Waals surface area (Å²) < 4.78 is 5.71. The number of carbonyl (C=O) groups excluding carboxylic acids is 1. The van der Waals surface area contributed by atoms with Crippen molar-refractivity contribution in [2.75, 3.05) is 6.54 Å². The number of hydrogen-bond donors (Lipinski definition) is 0. The maximum atomic E-state index is 12.9. The first-order valence-corrected chi connectivity index (χ1v) is 9.02. The minimum Gasteiger partial charge on any atom is -0.444 e. The third-order valence-corrected chi connectivity index (χ3v) is 5.42. The number of carbonyl (C=O) groups is 1. The van der Waals surface area contributed by atoms with E-state index in [2.05, 4.69) is 54.6 Å². The van der Waals surface area contributed by atoms with Crippen molar-refractivity contribution in [3.8, 4) is 0 Å². The minimum absolute atomic E-state index is 0.0273. The van der Waals surface area contributed by atoms with Crippen LogP contribution in [0.15, 0.2) is 60.7 Å². The van der Waals surface area contributed by atoms with Crippen molar-refractivity contribution in [1.29, 1.82) is 0 Å². The zero-order chi connectivity index (χ0) is 17.7. The topological polar surface area (TPSA) is 29.5 Å². The third-order valence-electron chi connectivity index (χ3n) is 5.42. The summed E-state index contributed by atoms with van der Waals surface area (Å²) in [5.41, 5.74) is 2.07. The average Bonchev–Trinajstić information content (AvgIpc) is 3.20. The lowest BCUT2D eigenvalue weighted by Gasteiger charge is -2.34. The molecule has 2 aromatic carbocycles. The molecule has 3 heteroatoms. The van der Waals surface area contributed by atoms with Gasteiger partial charge in [-0.25, -0.2) is 4.79 Å². The Morgan fingerprint density at radius 3 is 2.24 bits per heavy atom.